The van der Waals surface area contributed by atoms with E-state index in [1.807, 2.05) is 6.92 Å². The van der Waals surface area contributed by atoms with E-state index in [0.29, 0.717) is 10.7 Å². The first-order valence-corrected chi connectivity index (χ1v) is 8.71. The zero-order chi connectivity index (χ0) is 16.4. The second-order valence-corrected chi connectivity index (χ2v) is 7.10. The number of nitrogens with one attached hydrogen (secondary N) is 1. The van der Waals surface area contributed by atoms with Crippen LogP contribution in [0, 0.1) is 6.92 Å². The average Bonchev–Trinajstić information content (AvgIpc) is 3.05. The summed E-state index contributed by atoms with van der Waals surface area (Å²) in [5.41, 5.74) is 2.10. The Hall–Kier alpha value is -2.31. The van der Waals surface area contributed by atoms with Crippen molar-refractivity contribution in [3.8, 4) is 5.69 Å². The third-order valence-electron chi connectivity index (χ3n) is 3.34. The van der Waals surface area contributed by atoms with Crippen molar-refractivity contribution in [1.82, 2.24) is 9.78 Å². The standard InChI is InChI=1S/C16H14ClN3O2S/c1-12-3-4-13(11-16(12)17)19-23(21,22)15-7-5-14(6-8-15)20-10-2-9-18-20/h2-11,19H,1H3. The summed E-state index contributed by atoms with van der Waals surface area (Å²) in [7, 11) is -3.67. The molecule has 118 valence electrons. The van der Waals surface area contributed by atoms with Crippen LogP contribution in [0.5, 0.6) is 0 Å². The van der Waals surface area contributed by atoms with Crippen LogP contribution in [-0.2, 0) is 10.0 Å². The van der Waals surface area contributed by atoms with E-state index in [1.54, 1.807) is 53.5 Å². The maximum absolute atomic E-state index is 12.4. The molecule has 0 saturated heterocycles. The number of hydrogen-bond acceptors (Lipinski definition) is 3. The molecule has 0 radical (unpaired) electrons. The fourth-order valence-corrected chi connectivity index (χ4v) is 3.30. The van der Waals surface area contributed by atoms with Gasteiger partial charge in [-0.1, -0.05) is 17.7 Å². The fourth-order valence-electron chi connectivity index (χ4n) is 2.07. The van der Waals surface area contributed by atoms with Crippen LogP contribution in [0.2, 0.25) is 5.02 Å². The van der Waals surface area contributed by atoms with Crippen molar-refractivity contribution >= 4 is 27.3 Å². The molecule has 5 nitrogen and oxygen atoms in total. The summed E-state index contributed by atoms with van der Waals surface area (Å²) in [6.45, 7) is 1.86. The molecule has 1 N–H and O–H groups in total. The quantitative estimate of drug-likeness (QED) is 0.783. The van der Waals surface area contributed by atoms with Gasteiger partial charge in [-0.05, 0) is 55.0 Å². The second kappa shape index (κ2) is 6.06. The molecule has 0 amide bonds. The highest BCUT2D eigenvalue weighted by Crippen LogP contribution is 2.23. The molecule has 0 aliphatic rings. The number of sulfonamides is 1. The number of aromatic nitrogens is 2. The second-order valence-electron chi connectivity index (χ2n) is 5.01. The summed E-state index contributed by atoms with van der Waals surface area (Å²) >= 11 is 6.02. The first-order valence-electron chi connectivity index (χ1n) is 6.85. The Morgan fingerprint density at radius 1 is 1.13 bits per heavy atom. The molecular weight excluding hydrogens is 334 g/mol. The molecule has 0 unspecified atom stereocenters. The third kappa shape index (κ3) is 3.38. The van der Waals surface area contributed by atoms with Crippen molar-refractivity contribution in [2.75, 3.05) is 4.72 Å². The lowest BCUT2D eigenvalue weighted by Crippen LogP contribution is -2.13. The number of halogens is 1. The lowest BCUT2D eigenvalue weighted by molar-refractivity contribution is 0.601. The number of hydrogen-bond donors (Lipinski definition) is 1. The molecule has 7 heteroatoms. The minimum Gasteiger partial charge on any atom is -0.280 e. The predicted molar refractivity (Wildman–Crippen MR) is 90.6 cm³/mol. The van der Waals surface area contributed by atoms with Gasteiger partial charge in [0.05, 0.1) is 16.3 Å². The summed E-state index contributed by atoms with van der Waals surface area (Å²) in [5.74, 6) is 0. The van der Waals surface area contributed by atoms with Gasteiger partial charge in [-0.3, -0.25) is 4.72 Å². The van der Waals surface area contributed by atoms with Gasteiger partial charge in [-0.25, -0.2) is 13.1 Å². The van der Waals surface area contributed by atoms with Gasteiger partial charge in [0, 0.05) is 17.4 Å². The molecule has 1 aromatic heterocycles. The monoisotopic (exact) mass is 347 g/mol. The largest absolute Gasteiger partial charge is 0.280 e. The molecule has 0 aliphatic carbocycles. The highest BCUT2D eigenvalue weighted by atomic mass is 35.5. The van der Waals surface area contributed by atoms with Gasteiger partial charge in [-0.2, -0.15) is 5.10 Å². The van der Waals surface area contributed by atoms with E-state index >= 15 is 0 Å². The van der Waals surface area contributed by atoms with E-state index < -0.39 is 10.0 Å². The van der Waals surface area contributed by atoms with Crippen LogP contribution in [0.4, 0.5) is 5.69 Å². The van der Waals surface area contributed by atoms with Crippen LogP contribution in [-0.4, -0.2) is 18.2 Å². The van der Waals surface area contributed by atoms with Gasteiger partial charge >= 0.3 is 0 Å². The highest BCUT2D eigenvalue weighted by Gasteiger charge is 2.14. The van der Waals surface area contributed by atoms with Crippen LogP contribution in [0.3, 0.4) is 0 Å². The van der Waals surface area contributed by atoms with Crippen LogP contribution in [0.15, 0.2) is 65.8 Å². The molecule has 0 saturated carbocycles. The summed E-state index contributed by atoms with van der Waals surface area (Å²) < 4.78 is 29.0. The van der Waals surface area contributed by atoms with Crippen molar-refractivity contribution in [3.05, 3.63) is 71.5 Å². The maximum Gasteiger partial charge on any atom is 0.261 e. The molecule has 0 bridgehead atoms. The zero-order valence-corrected chi connectivity index (χ0v) is 13.8. The Bertz CT molecular complexity index is 920. The molecule has 0 spiro atoms. The first-order chi connectivity index (χ1) is 11.0. The van der Waals surface area contributed by atoms with Gasteiger partial charge in [0.25, 0.3) is 10.0 Å². The fraction of sp³-hybridized carbons (Fsp3) is 0.0625. The molecule has 1 heterocycles. The summed E-state index contributed by atoms with van der Waals surface area (Å²) in [6.07, 6.45) is 3.45. The van der Waals surface area contributed by atoms with Crippen LogP contribution >= 0.6 is 11.6 Å². The average molecular weight is 348 g/mol. The predicted octanol–water partition coefficient (Wildman–Crippen LogP) is 3.63. The van der Waals surface area contributed by atoms with Crippen molar-refractivity contribution in [2.24, 2.45) is 0 Å². The van der Waals surface area contributed by atoms with Gasteiger partial charge in [0.2, 0.25) is 0 Å². The smallest absolute Gasteiger partial charge is 0.261 e. The maximum atomic E-state index is 12.4. The molecule has 0 atom stereocenters. The van der Waals surface area contributed by atoms with E-state index in [1.165, 1.54) is 12.1 Å². The summed E-state index contributed by atoms with van der Waals surface area (Å²) in [6, 6.07) is 13.3. The number of benzene rings is 2. The number of nitrogens with zero attached hydrogens (tertiary/aromatic N) is 2. The normalized spacial score (nSPS) is 11.4. The Morgan fingerprint density at radius 3 is 2.48 bits per heavy atom. The molecule has 23 heavy (non-hydrogen) atoms. The molecule has 0 fully saturated rings. The topological polar surface area (TPSA) is 64.0 Å². The van der Waals surface area contributed by atoms with E-state index in [-0.39, 0.29) is 4.90 Å². The van der Waals surface area contributed by atoms with Gasteiger partial charge in [-0.15, -0.1) is 0 Å². The Labute approximate surface area is 139 Å². The minimum absolute atomic E-state index is 0.171. The summed E-state index contributed by atoms with van der Waals surface area (Å²) in [4.78, 5) is 0.171. The van der Waals surface area contributed by atoms with E-state index in [9.17, 15) is 8.42 Å². The Balaban J connectivity index is 1.86. The third-order valence-corrected chi connectivity index (χ3v) is 5.14. The Morgan fingerprint density at radius 2 is 1.87 bits per heavy atom. The van der Waals surface area contributed by atoms with Crippen molar-refractivity contribution in [1.29, 1.82) is 0 Å². The molecule has 2 aromatic carbocycles. The summed E-state index contributed by atoms with van der Waals surface area (Å²) in [5, 5.41) is 4.61. The molecule has 3 aromatic rings. The number of anilines is 1. The highest BCUT2D eigenvalue weighted by molar-refractivity contribution is 7.92. The number of rotatable bonds is 4. The minimum atomic E-state index is -3.67. The van der Waals surface area contributed by atoms with Gasteiger partial charge < -0.3 is 0 Å². The van der Waals surface area contributed by atoms with Crippen LogP contribution < -0.4 is 4.72 Å². The van der Waals surface area contributed by atoms with Crippen molar-refractivity contribution in [3.63, 3.8) is 0 Å². The first kappa shape index (κ1) is 15.6. The van der Waals surface area contributed by atoms with Gasteiger partial charge in [0.15, 0.2) is 0 Å². The van der Waals surface area contributed by atoms with Crippen LogP contribution in [0.1, 0.15) is 5.56 Å². The van der Waals surface area contributed by atoms with Crippen LogP contribution in [0.25, 0.3) is 5.69 Å². The number of aryl methyl sites for hydroxylation is 1. The lowest BCUT2D eigenvalue weighted by Gasteiger charge is -2.10. The molecule has 0 aliphatic heterocycles. The lowest BCUT2D eigenvalue weighted by atomic mass is 10.2. The van der Waals surface area contributed by atoms with Crippen molar-refractivity contribution in [2.45, 2.75) is 11.8 Å². The van der Waals surface area contributed by atoms with E-state index in [4.69, 9.17) is 11.6 Å². The van der Waals surface area contributed by atoms with Crippen molar-refractivity contribution < 1.29 is 8.42 Å². The van der Waals surface area contributed by atoms with Gasteiger partial charge in [0.1, 0.15) is 0 Å². The Kier molecular flexibility index (Phi) is 4.11. The van der Waals surface area contributed by atoms with E-state index in [2.05, 4.69) is 9.82 Å². The van der Waals surface area contributed by atoms with E-state index in [0.717, 1.165) is 11.3 Å². The SMILES string of the molecule is Cc1ccc(NS(=O)(=O)c2ccc(-n3cccn3)cc2)cc1Cl. The zero-order valence-electron chi connectivity index (χ0n) is 12.3. The molecule has 3 rings (SSSR count). The molecular formula is C16H14ClN3O2S.